The van der Waals surface area contributed by atoms with E-state index in [1.54, 1.807) is 6.07 Å². The Hall–Kier alpha value is -1.23. The molecule has 0 aromatic heterocycles. The highest BCUT2D eigenvalue weighted by Gasteiger charge is 2.35. The number of hydrogen-bond donors (Lipinski definition) is 1. The summed E-state index contributed by atoms with van der Waals surface area (Å²) in [5, 5.41) is 0. The van der Waals surface area contributed by atoms with Crippen LogP contribution in [0.25, 0.3) is 0 Å². The first-order valence-electron chi connectivity index (χ1n) is 6.03. The first kappa shape index (κ1) is 13.2. The van der Waals surface area contributed by atoms with Crippen LogP contribution in [0.4, 0.5) is 18.9 Å². The Balaban J connectivity index is 2.44. The Morgan fingerprint density at radius 2 is 2.06 bits per heavy atom. The maximum Gasteiger partial charge on any atom is 0.416 e. The molecule has 2 rings (SSSR count). The molecule has 1 aromatic carbocycles. The molecule has 0 spiro atoms. The van der Waals surface area contributed by atoms with Crippen molar-refractivity contribution in [3.05, 3.63) is 29.3 Å². The van der Waals surface area contributed by atoms with Gasteiger partial charge in [-0.3, -0.25) is 0 Å². The molecule has 0 radical (unpaired) electrons. The molecule has 18 heavy (non-hydrogen) atoms. The number of fused-ring (bicyclic) bond motifs is 1. The SMILES string of the molecule is CC(C)N1c2cc(C(F)(F)F)ccc2CC1CN. The van der Waals surface area contributed by atoms with Gasteiger partial charge in [-0.1, -0.05) is 6.07 Å². The Bertz CT molecular complexity index is 440. The third-order valence-electron chi connectivity index (χ3n) is 3.37. The summed E-state index contributed by atoms with van der Waals surface area (Å²) in [6, 6.07) is 4.21. The van der Waals surface area contributed by atoms with Gasteiger partial charge in [0.2, 0.25) is 0 Å². The summed E-state index contributed by atoms with van der Waals surface area (Å²) < 4.78 is 38.2. The molecule has 1 aromatic rings. The van der Waals surface area contributed by atoms with Crippen molar-refractivity contribution in [2.24, 2.45) is 5.73 Å². The summed E-state index contributed by atoms with van der Waals surface area (Å²) in [6.07, 6.45) is -3.57. The van der Waals surface area contributed by atoms with Gasteiger partial charge in [-0.05, 0) is 38.0 Å². The van der Waals surface area contributed by atoms with Crippen LogP contribution in [-0.2, 0) is 12.6 Å². The van der Waals surface area contributed by atoms with E-state index in [1.165, 1.54) is 6.07 Å². The lowest BCUT2D eigenvalue weighted by Crippen LogP contribution is -2.42. The fourth-order valence-corrected chi connectivity index (χ4v) is 2.60. The number of anilines is 1. The quantitative estimate of drug-likeness (QED) is 0.883. The van der Waals surface area contributed by atoms with Crippen LogP contribution in [0.15, 0.2) is 18.2 Å². The van der Waals surface area contributed by atoms with Crippen molar-refractivity contribution in [2.75, 3.05) is 11.4 Å². The number of hydrogen-bond acceptors (Lipinski definition) is 2. The van der Waals surface area contributed by atoms with E-state index in [4.69, 9.17) is 5.73 Å². The van der Waals surface area contributed by atoms with Crippen LogP contribution in [0.5, 0.6) is 0 Å². The minimum Gasteiger partial charge on any atom is -0.364 e. The predicted octanol–water partition coefficient (Wildman–Crippen LogP) is 2.80. The smallest absolute Gasteiger partial charge is 0.364 e. The van der Waals surface area contributed by atoms with Gasteiger partial charge in [-0.2, -0.15) is 13.2 Å². The lowest BCUT2D eigenvalue weighted by Gasteiger charge is -2.31. The number of nitrogens with two attached hydrogens (primary N) is 1. The second kappa shape index (κ2) is 4.46. The topological polar surface area (TPSA) is 29.3 Å². The molecule has 1 aliphatic heterocycles. The standard InChI is InChI=1S/C13H17F3N2/c1-8(2)18-11(7-17)5-9-3-4-10(6-12(9)18)13(14,15)16/h3-4,6,8,11H,5,7,17H2,1-2H3. The van der Waals surface area contributed by atoms with E-state index < -0.39 is 11.7 Å². The fourth-order valence-electron chi connectivity index (χ4n) is 2.60. The van der Waals surface area contributed by atoms with Gasteiger partial charge >= 0.3 is 6.18 Å². The highest BCUT2D eigenvalue weighted by Crippen LogP contribution is 2.38. The summed E-state index contributed by atoms with van der Waals surface area (Å²) in [6.45, 7) is 4.39. The van der Waals surface area contributed by atoms with Gasteiger partial charge in [0.05, 0.1) is 5.56 Å². The van der Waals surface area contributed by atoms with Crippen LogP contribution in [0.3, 0.4) is 0 Å². The second-order valence-corrected chi connectivity index (χ2v) is 4.94. The third-order valence-corrected chi connectivity index (χ3v) is 3.37. The van der Waals surface area contributed by atoms with Crippen LogP contribution < -0.4 is 10.6 Å². The summed E-state index contributed by atoms with van der Waals surface area (Å²) in [5.41, 5.74) is 6.74. The molecule has 0 bridgehead atoms. The zero-order chi connectivity index (χ0) is 13.5. The molecular weight excluding hydrogens is 241 g/mol. The zero-order valence-corrected chi connectivity index (χ0v) is 10.5. The normalized spacial score (nSPS) is 19.5. The third kappa shape index (κ3) is 2.19. The van der Waals surface area contributed by atoms with Crippen LogP contribution in [0.2, 0.25) is 0 Å². The summed E-state index contributed by atoms with van der Waals surface area (Å²) >= 11 is 0. The molecule has 0 saturated carbocycles. The summed E-state index contributed by atoms with van der Waals surface area (Å²) in [7, 11) is 0. The average Bonchev–Trinajstić information content (AvgIpc) is 2.64. The van der Waals surface area contributed by atoms with Gasteiger partial charge in [-0.15, -0.1) is 0 Å². The van der Waals surface area contributed by atoms with E-state index in [2.05, 4.69) is 0 Å². The van der Waals surface area contributed by atoms with E-state index in [1.807, 2.05) is 18.7 Å². The molecule has 100 valence electrons. The Morgan fingerprint density at radius 3 is 2.56 bits per heavy atom. The maximum atomic E-state index is 12.7. The van der Waals surface area contributed by atoms with Gasteiger partial charge in [0.15, 0.2) is 0 Å². The van der Waals surface area contributed by atoms with Gasteiger partial charge in [-0.25, -0.2) is 0 Å². The van der Waals surface area contributed by atoms with Crippen LogP contribution in [0.1, 0.15) is 25.0 Å². The Morgan fingerprint density at radius 1 is 1.39 bits per heavy atom. The lowest BCUT2D eigenvalue weighted by atomic mass is 10.1. The molecule has 0 aliphatic carbocycles. The molecule has 2 N–H and O–H groups in total. The minimum atomic E-state index is -4.29. The Kier molecular flexibility index (Phi) is 3.27. The van der Waals surface area contributed by atoms with Crippen molar-refractivity contribution in [2.45, 2.75) is 38.5 Å². The monoisotopic (exact) mass is 258 g/mol. The Labute approximate surface area is 105 Å². The molecule has 2 nitrogen and oxygen atoms in total. The number of nitrogens with zero attached hydrogens (tertiary/aromatic N) is 1. The number of halogens is 3. The second-order valence-electron chi connectivity index (χ2n) is 4.94. The highest BCUT2D eigenvalue weighted by atomic mass is 19.4. The number of benzene rings is 1. The van der Waals surface area contributed by atoms with Crippen molar-refractivity contribution in [3.8, 4) is 0 Å². The minimum absolute atomic E-state index is 0.100. The highest BCUT2D eigenvalue weighted by molar-refractivity contribution is 5.62. The molecule has 1 unspecified atom stereocenters. The molecular formula is C13H17F3N2. The lowest BCUT2D eigenvalue weighted by molar-refractivity contribution is -0.137. The molecule has 1 aliphatic rings. The molecule has 0 amide bonds. The molecule has 0 fully saturated rings. The van der Waals surface area contributed by atoms with E-state index >= 15 is 0 Å². The first-order valence-corrected chi connectivity index (χ1v) is 6.03. The maximum absolute atomic E-state index is 12.7. The van der Waals surface area contributed by atoms with Crippen LogP contribution >= 0.6 is 0 Å². The average molecular weight is 258 g/mol. The van der Waals surface area contributed by atoms with Gasteiger partial charge in [0.25, 0.3) is 0 Å². The van der Waals surface area contributed by atoms with Crippen molar-refractivity contribution in [1.82, 2.24) is 0 Å². The molecule has 5 heteroatoms. The first-order chi connectivity index (χ1) is 8.34. The number of alkyl halides is 3. The van der Waals surface area contributed by atoms with E-state index in [0.29, 0.717) is 12.2 Å². The van der Waals surface area contributed by atoms with E-state index in [9.17, 15) is 13.2 Å². The van der Waals surface area contributed by atoms with Crippen LogP contribution in [-0.4, -0.2) is 18.6 Å². The van der Waals surface area contributed by atoms with Gasteiger partial charge in [0, 0.05) is 24.3 Å². The summed E-state index contributed by atoms with van der Waals surface area (Å²) in [4.78, 5) is 1.99. The number of rotatable bonds is 2. The predicted molar refractivity (Wildman–Crippen MR) is 65.6 cm³/mol. The largest absolute Gasteiger partial charge is 0.416 e. The molecule has 1 heterocycles. The van der Waals surface area contributed by atoms with Crippen molar-refractivity contribution < 1.29 is 13.2 Å². The van der Waals surface area contributed by atoms with E-state index in [-0.39, 0.29) is 12.1 Å². The fraction of sp³-hybridized carbons (Fsp3) is 0.538. The zero-order valence-electron chi connectivity index (χ0n) is 10.5. The van der Waals surface area contributed by atoms with E-state index in [0.717, 1.165) is 18.1 Å². The van der Waals surface area contributed by atoms with Crippen molar-refractivity contribution >= 4 is 5.69 Å². The molecule has 1 atom stereocenters. The summed E-state index contributed by atoms with van der Waals surface area (Å²) in [5.74, 6) is 0. The van der Waals surface area contributed by atoms with Gasteiger partial charge in [0.1, 0.15) is 0 Å². The van der Waals surface area contributed by atoms with Gasteiger partial charge < -0.3 is 10.6 Å². The van der Waals surface area contributed by atoms with Crippen molar-refractivity contribution in [3.63, 3.8) is 0 Å². The van der Waals surface area contributed by atoms with Crippen LogP contribution in [0, 0.1) is 0 Å². The van der Waals surface area contributed by atoms with Crippen molar-refractivity contribution in [1.29, 1.82) is 0 Å². The molecule has 0 saturated heterocycles.